The van der Waals surface area contributed by atoms with Crippen molar-refractivity contribution in [3.05, 3.63) is 41.1 Å². The van der Waals surface area contributed by atoms with Crippen LogP contribution in [0.2, 0.25) is 0 Å². The fraction of sp³-hybridized carbons (Fsp3) is 0.421. The highest BCUT2D eigenvalue weighted by Gasteiger charge is 2.04. The standard InChI is InChI=1S/C19H26N2OS2/c1-2-3-4-9-20-10-11-21-19(22)15-24-18-7-5-6-16(13-18)17-8-12-23-14-17/h5-8,12-14,20H,2-4,9-11,15H2,1H3,(H,21,22). The second-order valence-corrected chi connectivity index (χ2v) is 7.46. The van der Waals surface area contributed by atoms with Crippen molar-refractivity contribution in [2.45, 2.75) is 31.1 Å². The first-order valence-corrected chi connectivity index (χ1v) is 10.5. The minimum Gasteiger partial charge on any atom is -0.354 e. The lowest BCUT2D eigenvalue weighted by Crippen LogP contribution is -2.33. The van der Waals surface area contributed by atoms with Crippen molar-refractivity contribution in [1.29, 1.82) is 0 Å². The zero-order valence-corrected chi connectivity index (χ0v) is 15.8. The third-order valence-corrected chi connectivity index (χ3v) is 5.32. The average molecular weight is 363 g/mol. The highest BCUT2D eigenvalue weighted by Crippen LogP contribution is 2.27. The van der Waals surface area contributed by atoms with Crippen LogP contribution in [-0.2, 0) is 4.79 Å². The first-order chi connectivity index (χ1) is 11.8. The Morgan fingerprint density at radius 1 is 1.12 bits per heavy atom. The van der Waals surface area contributed by atoms with Crippen LogP contribution in [0.1, 0.15) is 26.2 Å². The van der Waals surface area contributed by atoms with Crippen molar-refractivity contribution in [3.8, 4) is 11.1 Å². The van der Waals surface area contributed by atoms with Crippen molar-refractivity contribution in [1.82, 2.24) is 10.6 Å². The van der Waals surface area contributed by atoms with Crippen LogP contribution in [0.15, 0.2) is 46.0 Å². The Morgan fingerprint density at radius 2 is 2.04 bits per heavy atom. The minimum atomic E-state index is 0.0938. The van der Waals surface area contributed by atoms with Gasteiger partial charge >= 0.3 is 0 Å². The molecule has 3 nitrogen and oxygen atoms in total. The Morgan fingerprint density at radius 3 is 2.83 bits per heavy atom. The molecule has 0 bridgehead atoms. The molecule has 0 fully saturated rings. The van der Waals surface area contributed by atoms with E-state index in [4.69, 9.17) is 0 Å². The number of nitrogens with one attached hydrogen (secondary N) is 2. The molecule has 0 aliphatic carbocycles. The molecule has 5 heteroatoms. The summed E-state index contributed by atoms with van der Waals surface area (Å²) in [6.45, 7) is 4.77. The molecule has 0 saturated carbocycles. The summed E-state index contributed by atoms with van der Waals surface area (Å²) in [5.41, 5.74) is 2.44. The van der Waals surface area contributed by atoms with Crippen LogP contribution in [0.3, 0.4) is 0 Å². The fourth-order valence-electron chi connectivity index (χ4n) is 2.31. The van der Waals surface area contributed by atoms with Gasteiger partial charge in [-0.05, 0) is 53.1 Å². The third kappa shape index (κ3) is 7.07. The van der Waals surface area contributed by atoms with E-state index in [2.05, 4.69) is 52.6 Å². The van der Waals surface area contributed by atoms with Gasteiger partial charge in [-0.2, -0.15) is 11.3 Å². The molecule has 2 aromatic rings. The summed E-state index contributed by atoms with van der Waals surface area (Å²) in [6.07, 6.45) is 3.71. The first-order valence-electron chi connectivity index (χ1n) is 8.52. The third-order valence-electron chi connectivity index (χ3n) is 3.64. The molecule has 2 N–H and O–H groups in total. The number of carbonyl (C=O) groups is 1. The second kappa shape index (κ2) is 11.3. The Hall–Kier alpha value is -1.30. The summed E-state index contributed by atoms with van der Waals surface area (Å²) in [4.78, 5) is 13.0. The number of hydrogen-bond donors (Lipinski definition) is 2. The van der Waals surface area contributed by atoms with Crippen molar-refractivity contribution in [2.75, 3.05) is 25.4 Å². The number of benzene rings is 1. The van der Waals surface area contributed by atoms with E-state index in [9.17, 15) is 4.79 Å². The van der Waals surface area contributed by atoms with Crippen LogP contribution < -0.4 is 10.6 Å². The summed E-state index contributed by atoms with van der Waals surface area (Å²) in [5.74, 6) is 0.555. The lowest BCUT2D eigenvalue weighted by atomic mass is 10.1. The molecule has 1 amide bonds. The van der Waals surface area contributed by atoms with Gasteiger partial charge in [-0.3, -0.25) is 4.79 Å². The van der Waals surface area contributed by atoms with Gasteiger partial charge in [0.1, 0.15) is 0 Å². The van der Waals surface area contributed by atoms with Crippen molar-refractivity contribution < 1.29 is 4.79 Å². The monoisotopic (exact) mass is 362 g/mol. The molecule has 2 rings (SSSR count). The topological polar surface area (TPSA) is 41.1 Å². The molecule has 1 heterocycles. The van der Waals surface area contributed by atoms with E-state index in [1.54, 1.807) is 23.1 Å². The fourth-order valence-corrected chi connectivity index (χ4v) is 3.76. The Balaban J connectivity index is 1.64. The molecule has 0 aliphatic rings. The normalized spacial score (nSPS) is 10.7. The lowest BCUT2D eigenvalue weighted by Gasteiger charge is -2.07. The van der Waals surface area contributed by atoms with E-state index in [0.717, 1.165) is 18.0 Å². The molecule has 24 heavy (non-hydrogen) atoms. The summed E-state index contributed by atoms with van der Waals surface area (Å²) in [6, 6.07) is 10.5. The highest BCUT2D eigenvalue weighted by molar-refractivity contribution is 8.00. The number of thiophene rings is 1. The SMILES string of the molecule is CCCCCNCCNC(=O)CSc1cccc(-c2ccsc2)c1. The molecule has 130 valence electrons. The smallest absolute Gasteiger partial charge is 0.230 e. The summed E-state index contributed by atoms with van der Waals surface area (Å²) in [7, 11) is 0. The molecule has 0 atom stereocenters. The predicted octanol–water partition coefficient (Wildman–Crippen LogP) is 4.40. The number of thioether (sulfide) groups is 1. The quantitative estimate of drug-likeness (QED) is 0.460. The molecule has 1 aromatic carbocycles. The van der Waals surface area contributed by atoms with Crippen molar-refractivity contribution >= 4 is 29.0 Å². The van der Waals surface area contributed by atoms with Gasteiger partial charge in [-0.15, -0.1) is 11.8 Å². The zero-order chi connectivity index (χ0) is 17.0. The molecule has 1 aromatic heterocycles. The Labute approximate surface area is 153 Å². The number of amides is 1. The van der Waals surface area contributed by atoms with E-state index >= 15 is 0 Å². The second-order valence-electron chi connectivity index (χ2n) is 5.64. The van der Waals surface area contributed by atoms with Gasteiger partial charge in [-0.1, -0.05) is 31.9 Å². The molecule has 0 radical (unpaired) electrons. The summed E-state index contributed by atoms with van der Waals surface area (Å²) >= 11 is 3.28. The largest absolute Gasteiger partial charge is 0.354 e. The number of carbonyl (C=O) groups excluding carboxylic acids is 1. The zero-order valence-electron chi connectivity index (χ0n) is 14.2. The van der Waals surface area contributed by atoms with Gasteiger partial charge in [-0.25, -0.2) is 0 Å². The van der Waals surface area contributed by atoms with E-state index < -0.39 is 0 Å². The molecule has 0 unspecified atom stereocenters. The summed E-state index contributed by atoms with van der Waals surface area (Å²) < 4.78 is 0. The van der Waals surface area contributed by atoms with E-state index in [-0.39, 0.29) is 5.91 Å². The van der Waals surface area contributed by atoms with Crippen molar-refractivity contribution in [3.63, 3.8) is 0 Å². The van der Waals surface area contributed by atoms with Gasteiger partial charge < -0.3 is 10.6 Å². The van der Waals surface area contributed by atoms with Gasteiger partial charge in [0.15, 0.2) is 0 Å². The Kier molecular flexibility index (Phi) is 8.95. The van der Waals surface area contributed by atoms with Crippen LogP contribution in [0, 0.1) is 0 Å². The van der Waals surface area contributed by atoms with Crippen LogP contribution in [0.4, 0.5) is 0 Å². The predicted molar refractivity (Wildman–Crippen MR) is 106 cm³/mol. The number of hydrogen-bond acceptors (Lipinski definition) is 4. The summed E-state index contributed by atoms with van der Waals surface area (Å²) in [5, 5.41) is 10.5. The first kappa shape index (κ1) is 19.0. The average Bonchev–Trinajstić information content (AvgIpc) is 3.14. The number of unbranched alkanes of at least 4 members (excludes halogenated alkanes) is 2. The van der Waals surface area contributed by atoms with Crippen LogP contribution in [-0.4, -0.2) is 31.3 Å². The molecular weight excluding hydrogens is 336 g/mol. The highest BCUT2D eigenvalue weighted by atomic mass is 32.2. The van der Waals surface area contributed by atoms with Crippen LogP contribution in [0.25, 0.3) is 11.1 Å². The maximum atomic E-state index is 11.9. The Bertz CT molecular complexity index is 599. The van der Waals surface area contributed by atoms with Crippen LogP contribution in [0.5, 0.6) is 0 Å². The lowest BCUT2D eigenvalue weighted by molar-refractivity contribution is -0.118. The van der Waals surface area contributed by atoms with Gasteiger partial charge in [0.05, 0.1) is 5.75 Å². The van der Waals surface area contributed by atoms with E-state index in [1.165, 1.54) is 30.4 Å². The van der Waals surface area contributed by atoms with E-state index in [0.29, 0.717) is 12.3 Å². The molecular formula is C19H26N2OS2. The molecule has 0 aliphatic heterocycles. The minimum absolute atomic E-state index is 0.0938. The van der Waals surface area contributed by atoms with E-state index in [1.807, 2.05) is 6.07 Å². The van der Waals surface area contributed by atoms with Gasteiger partial charge in [0.2, 0.25) is 5.91 Å². The maximum absolute atomic E-state index is 11.9. The van der Waals surface area contributed by atoms with Gasteiger partial charge in [0, 0.05) is 18.0 Å². The number of rotatable bonds is 11. The van der Waals surface area contributed by atoms with Crippen molar-refractivity contribution in [2.24, 2.45) is 0 Å². The maximum Gasteiger partial charge on any atom is 0.230 e. The molecule has 0 saturated heterocycles. The van der Waals surface area contributed by atoms with Crippen LogP contribution >= 0.6 is 23.1 Å². The molecule has 0 spiro atoms. The van der Waals surface area contributed by atoms with Gasteiger partial charge in [0.25, 0.3) is 0 Å².